The molecular weight excluding hydrogens is 242 g/mol. The summed E-state index contributed by atoms with van der Waals surface area (Å²) >= 11 is 0. The van der Waals surface area contributed by atoms with Crippen LogP contribution >= 0.6 is 0 Å². The molecular formula is C14H23N3O2. The van der Waals surface area contributed by atoms with E-state index < -0.39 is 0 Å². The molecule has 1 atom stereocenters. The number of para-hydroxylation sites is 1. The molecule has 0 aliphatic heterocycles. The van der Waals surface area contributed by atoms with Crippen molar-refractivity contribution >= 4 is 11.7 Å². The Morgan fingerprint density at radius 3 is 2.53 bits per heavy atom. The molecule has 5 nitrogen and oxygen atoms in total. The lowest BCUT2D eigenvalue weighted by Gasteiger charge is -2.19. The SMILES string of the molecule is CC(O)CCNC(=O)NCCN(C)c1ccccc1. The topological polar surface area (TPSA) is 64.6 Å². The summed E-state index contributed by atoms with van der Waals surface area (Å²) in [5.74, 6) is 0. The third kappa shape index (κ3) is 6.67. The van der Waals surface area contributed by atoms with E-state index in [1.807, 2.05) is 37.4 Å². The molecule has 0 heterocycles. The van der Waals surface area contributed by atoms with Crippen molar-refractivity contribution in [2.24, 2.45) is 0 Å². The normalized spacial score (nSPS) is 11.7. The molecule has 0 bridgehead atoms. The van der Waals surface area contributed by atoms with Crippen LogP contribution in [0.15, 0.2) is 30.3 Å². The average Bonchev–Trinajstić information content (AvgIpc) is 2.39. The molecule has 1 aromatic rings. The van der Waals surface area contributed by atoms with Gasteiger partial charge in [-0.15, -0.1) is 0 Å². The minimum absolute atomic E-state index is 0.192. The van der Waals surface area contributed by atoms with E-state index in [0.717, 1.165) is 12.2 Å². The maximum atomic E-state index is 11.4. The predicted octanol–water partition coefficient (Wildman–Crippen LogP) is 1.19. The number of likely N-dealkylation sites (N-methyl/N-ethyl adjacent to an activating group) is 1. The summed E-state index contributed by atoms with van der Waals surface area (Å²) in [6.45, 7) is 3.51. The van der Waals surface area contributed by atoms with E-state index in [2.05, 4.69) is 15.5 Å². The second kappa shape index (κ2) is 8.37. The van der Waals surface area contributed by atoms with Gasteiger partial charge in [-0.3, -0.25) is 0 Å². The highest BCUT2D eigenvalue weighted by Crippen LogP contribution is 2.09. The van der Waals surface area contributed by atoms with Crippen LogP contribution in [0, 0.1) is 0 Å². The molecule has 0 aliphatic rings. The van der Waals surface area contributed by atoms with Gasteiger partial charge in [0.25, 0.3) is 0 Å². The molecule has 0 aliphatic carbocycles. The highest BCUT2D eigenvalue weighted by Gasteiger charge is 2.02. The van der Waals surface area contributed by atoms with Crippen LogP contribution in [-0.4, -0.2) is 43.9 Å². The van der Waals surface area contributed by atoms with Gasteiger partial charge >= 0.3 is 6.03 Å². The number of rotatable bonds is 7. The Balaban J connectivity index is 2.14. The summed E-state index contributed by atoms with van der Waals surface area (Å²) in [6, 6.07) is 9.82. The fourth-order valence-electron chi connectivity index (χ4n) is 1.61. The standard InChI is InChI=1S/C14H23N3O2/c1-12(18)8-9-15-14(19)16-10-11-17(2)13-6-4-3-5-7-13/h3-7,12,18H,8-11H2,1-2H3,(H2,15,16,19). The number of aliphatic hydroxyl groups excluding tert-OH is 1. The van der Waals surface area contributed by atoms with Crippen LogP contribution in [0.4, 0.5) is 10.5 Å². The summed E-state index contributed by atoms with van der Waals surface area (Å²) in [5, 5.41) is 14.5. The molecule has 106 valence electrons. The van der Waals surface area contributed by atoms with Gasteiger partial charge in [-0.25, -0.2) is 4.79 Å². The molecule has 3 N–H and O–H groups in total. The first-order valence-corrected chi connectivity index (χ1v) is 6.55. The van der Waals surface area contributed by atoms with Crippen molar-refractivity contribution in [1.29, 1.82) is 0 Å². The monoisotopic (exact) mass is 265 g/mol. The van der Waals surface area contributed by atoms with Crippen molar-refractivity contribution in [3.05, 3.63) is 30.3 Å². The lowest BCUT2D eigenvalue weighted by Crippen LogP contribution is -2.40. The molecule has 0 saturated heterocycles. The van der Waals surface area contributed by atoms with Crippen LogP contribution in [-0.2, 0) is 0 Å². The molecule has 1 rings (SSSR count). The van der Waals surface area contributed by atoms with E-state index in [-0.39, 0.29) is 12.1 Å². The lowest BCUT2D eigenvalue weighted by atomic mass is 10.3. The number of hydrogen-bond donors (Lipinski definition) is 3. The van der Waals surface area contributed by atoms with E-state index in [1.165, 1.54) is 0 Å². The number of anilines is 1. The number of amides is 2. The quantitative estimate of drug-likeness (QED) is 0.694. The summed E-state index contributed by atoms with van der Waals surface area (Å²) < 4.78 is 0. The van der Waals surface area contributed by atoms with Crippen LogP contribution in [0.2, 0.25) is 0 Å². The Hall–Kier alpha value is -1.75. The number of nitrogens with one attached hydrogen (secondary N) is 2. The highest BCUT2D eigenvalue weighted by molar-refractivity contribution is 5.73. The van der Waals surface area contributed by atoms with Gasteiger partial charge in [0.1, 0.15) is 0 Å². The van der Waals surface area contributed by atoms with Crippen LogP contribution in [0.1, 0.15) is 13.3 Å². The Morgan fingerprint density at radius 1 is 1.26 bits per heavy atom. The third-order valence-corrected chi connectivity index (χ3v) is 2.78. The third-order valence-electron chi connectivity index (χ3n) is 2.78. The Morgan fingerprint density at radius 2 is 1.89 bits per heavy atom. The largest absolute Gasteiger partial charge is 0.393 e. The summed E-state index contributed by atoms with van der Waals surface area (Å²) in [6.07, 6.45) is 0.182. The summed E-state index contributed by atoms with van der Waals surface area (Å²) in [7, 11) is 1.99. The van der Waals surface area contributed by atoms with E-state index in [1.54, 1.807) is 6.92 Å². The van der Waals surface area contributed by atoms with Gasteiger partial charge in [0.15, 0.2) is 0 Å². The molecule has 0 fully saturated rings. The number of carbonyl (C=O) groups is 1. The number of urea groups is 1. The molecule has 0 radical (unpaired) electrons. The molecule has 5 heteroatoms. The van der Waals surface area contributed by atoms with Crippen LogP contribution in [0.25, 0.3) is 0 Å². The summed E-state index contributed by atoms with van der Waals surface area (Å²) in [4.78, 5) is 13.5. The Labute approximate surface area is 114 Å². The first kappa shape index (κ1) is 15.3. The van der Waals surface area contributed by atoms with Crippen molar-refractivity contribution in [3.63, 3.8) is 0 Å². The van der Waals surface area contributed by atoms with Crippen molar-refractivity contribution in [2.75, 3.05) is 31.6 Å². The van der Waals surface area contributed by atoms with Gasteiger partial charge in [0.2, 0.25) is 0 Å². The average molecular weight is 265 g/mol. The first-order chi connectivity index (χ1) is 9.09. The van der Waals surface area contributed by atoms with Gasteiger partial charge in [-0.1, -0.05) is 18.2 Å². The van der Waals surface area contributed by atoms with E-state index in [0.29, 0.717) is 19.5 Å². The van der Waals surface area contributed by atoms with Crippen molar-refractivity contribution in [3.8, 4) is 0 Å². The smallest absolute Gasteiger partial charge is 0.314 e. The Kier molecular flexibility index (Phi) is 6.74. The molecule has 0 spiro atoms. The van der Waals surface area contributed by atoms with Gasteiger partial charge in [-0.05, 0) is 25.5 Å². The summed E-state index contributed by atoms with van der Waals surface area (Å²) in [5.41, 5.74) is 1.12. The van der Waals surface area contributed by atoms with Gasteiger partial charge < -0.3 is 20.6 Å². The predicted molar refractivity (Wildman–Crippen MR) is 77.4 cm³/mol. The van der Waals surface area contributed by atoms with Gasteiger partial charge in [0.05, 0.1) is 6.10 Å². The number of nitrogens with zero attached hydrogens (tertiary/aromatic N) is 1. The number of carbonyl (C=O) groups excluding carboxylic acids is 1. The first-order valence-electron chi connectivity index (χ1n) is 6.55. The zero-order valence-electron chi connectivity index (χ0n) is 11.6. The maximum Gasteiger partial charge on any atom is 0.314 e. The second-order valence-electron chi connectivity index (χ2n) is 4.58. The number of benzene rings is 1. The molecule has 1 unspecified atom stereocenters. The van der Waals surface area contributed by atoms with Crippen molar-refractivity contribution in [2.45, 2.75) is 19.4 Å². The number of hydrogen-bond acceptors (Lipinski definition) is 3. The van der Waals surface area contributed by atoms with Gasteiger partial charge in [-0.2, -0.15) is 0 Å². The molecule has 19 heavy (non-hydrogen) atoms. The van der Waals surface area contributed by atoms with Crippen LogP contribution in [0.3, 0.4) is 0 Å². The minimum atomic E-state index is -0.385. The number of aliphatic hydroxyl groups is 1. The van der Waals surface area contributed by atoms with Crippen molar-refractivity contribution in [1.82, 2.24) is 10.6 Å². The molecule has 2 amide bonds. The zero-order valence-corrected chi connectivity index (χ0v) is 11.6. The second-order valence-corrected chi connectivity index (χ2v) is 4.58. The van der Waals surface area contributed by atoms with Crippen LogP contribution in [0.5, 0.6) is 0 Å². The van der Waals surface area contributed by atoms with E-state index in [9.17, 15) is 4.79 Å². The minimum Gasteiger partial charge on any atom is -0.393 e. The lowest BCUT2D eigenvalue weighted by molar-refractivity contribution is 0.183. The highest BCUT2D eigenvalue weighted by atomic mass is 16.3. The Bertz CT molecular complexity index is 368. The molecule has 1 aromatic carbocycles. The maximum absolute atomic E-state index is 11.4. The van der Waals surface area contributed by atoms with Gasteiger partial charge in [0, 0.05) is 32.4 Å². The van der Waals surface area contributed by atoms with Crippen molar-refractivity contribution < 1.29 is 9.90 Å². The fourth-order valence-corrected chi connectivity index (χ4v) is 1.61. The zero-order chi connectivity index (χ0) is 14.1. The van der Waals surface area contributed by atoms with E-state index in [4.69, 9.17) is 5.11 Å². The molecule has 0 saturated carbocycles. The van der Waals surface area contributed by atoms with E-state index >= 15 is 0 Å². The van der Waals surface area contributed by atoms with Crippen LogP contribution < -0.4 is 15.5 Å². The molecule has 0 aromatic heterocycles. The fraction of sp³-hybridized carbons (Fsp3) is 0.500.